The van der Waals surface area contributed by atoms with Crippen molar-refractivity contribution in [3.63, 3.8) is 0 Å². The van der Waals surface area contributed by atoms with E-state index in [0.717, 1.165) is 11.8 Å². The van der Waals surface area contributed by atoms with Crippen LogP contribution in [0.25, 0.3) is 0 Å². The minimum absolute atomic E-state index is 0.203. The summed E-state index contributed by atoms with van der Waals surface area (Å²) >= 11 is 1.13. The Morgan fingerprint density at radius 3 is 2.76 bits per heavy atom. The molecule has 1 aliphatic heterocycles. The second kappa shape index (κ2) is 9.67. The van der Waals surface area contributed by atoms with Crippen LogP contribution in [-0.4, -0.2) is 28.3 Å². The van der Waals surface area contributed by atoms with Crippen LogP contribution in [0.2, 0.25) is 0 Å². The maximum Gasteiger partial charge on any atom is 0.281 e. The van der Waals surface area contributed by atoms with E-state index in [-0.39, 0.29) is 22.0 Å². The summed E-state index contributed by atoms with van der Waals surface area (Å²) in [4.78, 5) is 16.6. The number of amides is 1. The molecular weight excluding hydrogens is 462 g/mol. The molecule has 1 aliphatic rings. The Morgan fingerprint density at radius 1 is 1.29 bits per heavy atom. The molecule has 174 valence electrons. The van der Waals surface area contributed by atoms with Gasteiger partial charge in [-0.15, -0.1) is 11.8 Å². The number of methoxy groups -OCH3 is 1. The van der Waals surface area contributed by atoms with Gasteiger partial charge in [0.15, 0.2) is 6.17 Å². The molecule has 0 fully saturated rings. The number of halogens is 2. The molecule has 3 aromatic rings. The van der Waals surface area contributed by atoms with Crippen LogP contribution < -0.4 is 10.1 Å². The van der Waals surface area contributed by atoms with Crippen molar-refractivity contribution < 1.29 is 23.5 Å². The van der Waals surface area contributed by atoms with Crippen molar-refractivity contribution in [2.45, 2.75) is 30.3 Å². The number of hydroxylamine groups is 2. The zero-order chi connectivity index (χ0) is 24.4. The second-order valence-corrected chi connectivity index (χ2v) is 8.52. The second-order valence-electron chi connectivity index (χ2n) is 7.56. The molecule has 0 spiro atoms. The average molecular weight is 483 g/mol. The van der Waals surface area contributed by atoms with Gasteiger partial charge >= 0.3 is 0 Å². The molecule has 4 rings (SSSR count). The molecule has 1 atom stereocenters. The first-order valence-electron chi connectivity index (χ1n) is 10.2. The van der Waals surface area contributed by atoms with Crippen molar-refractivity contribution in [1.82, 2.24) is 10.0 Å². The highest BCUT2D eigenvalue weighted by atomic mass is 32.2. The maximum atomic E-state index is 13.2. The molecule has 0 aliphatic carbocycles. The first-order valence-corrected chi connectivity index (χ1v) is 11.2. The topological polar surface area (TPSA) is 98.5 Å². The van der Waals surface area contributed by atoms with Crippen LogP contribution in [0, 0.1) is 18.3 Å². The number of aryl methyl sites for hydroxylation is 1. The number of aromatic nitrogens is 1. The Bertz CT molecular complexity index is 1300. The standard InChI is InChI=1S/C24H20F2N4O3S/c1-13-9-19(21(25)26)29-23(17(13)11-27)34-12-15-10-14(7-8-20(15)33-2)22-28-18-6-4-3-5-16(18)24(31)30(22)32/h3-10,21-22,28,32H,12H2,1-2H3/t22-/m1/s1. The van der Waals surface area contributed by atoms with E-state index in [1.54, 1.807) is 49.4 Å². The lowest BCUT2D eigenvalue weighted by Gasteiger charge is -2.33. The Morgan fingerprint density at radius 2 is 2.06 bits per heavy atom. The third-order valence-electron chi connectivity index (χ3n) is 5.43. The zero-order valence-electron chi connectivity index (χ0n) is 18.3. The van der Waals surface area contributed by atoms with E-state index in [4.69, 9.17) is 4.74 Å². The fourth-order valence-electron chi connectivity index (χ4n) is 3.72. The molecule has 0 bridgehead atoms. The van der Waals surface area contributed by atoms with E-state index >= 15 is 0 Å². The molecule has 0 radical (unpaired) electrons. The van der Waals surface area contributed by atoms with E-state index < -0.39 is 18.5 Å². The van der Waals surface area contributed by atoms with Gasteiger partial charge in [-0.1, -0.05) is 18.2 Å². The largest absolute Gasteiger partial charge is 0.496 e. The molecule has 0 saturated heterocycles. The zero-order valence-corrected chi connectivity index (χ0v) is 19.1. The third-order valence-corrected chi connectivity index (χ3v) is 6.45. The number of nitrogens with one attached hydrogen (secondary N) is 1. The third kappa shape index (κ3) is 4.40. The van der Waals surface area contributed by atoms with Crippen molar-refractivity contribution >= 4 is 23.4 Å². The molecule has 2 heterocycles. The minimum Gasteiger partial charge on any atom is -0.496 e. The Hall–Kier alpha value is -3.68. The van der Waals surface area contributed by atoms with Crippen LogP contribution in [0.3, 0.4) is 0 Å². The van der Waals surface area contributed by atoms with Crippen molar-refractivity contribution in [1.29, 1.82) is 5.26 Å². The Balaban J connectivity index is 1.65. The van der Waals surface area contributed by atoms with E-state index in [0.29, 0.717) is 38.8 Å². The predicted molar refractivity (Wildman–Crippen MR) is 122 cm³/mol. The maximum absolute atomic E-state index is 13.2. The number of carbonyl (C=O) groups excluding carboxylic acids is 1. The number of hydrogen-bond acceptors (Lipinski definition) is 7. The predicted octanol–water partition coefficient (Wildman–Crippen LogP) is 5.46. The summed E-state index contributed by atoms with van der Waals surface area (Å²) in [6.45, 7) is 1.59. The number of thioether (sulfide) groups is 1. The van der Waals surface area contributed by atoms with E-state index in [2.05, 4.69) is 10.3 Å². The van der Waals surface area contributed by atoms with Gasteiger partial charge in [-0.25, -0.2) is 13.8 Å². The quantitative estimate of drug-likeness (QED) is 0.356. The number of carbonyl (C=O) groups is 1. The number of alkyl halides is 2. The molecule has 1 amide bonds. The number of anilines is 1. The highest BCUT2D eigenvalue weighted by molar-refractivity contribution is 7.98. The molecule has 7 nitrogen and oxygen atoms in total. The molecule has 34 heavy (non-hydrogen) atoms. The summed E-state index contributed by atoms with van der Waals surface area (Å²) in [5.74, 6) is 0.254. The fraction of sp³-hybridized carbons (Fsp3) is 0.208. The van der Waals surface area contributed by atoms with Crippen LogP contribution in [0.5, 0.6) is 5.75 Å². The van der Waals surface area contributed by atoms with Gasteiger partial charge in [0.05, 0.1) is 18.2 Å². The Labute approximate surface area is 198 Å². The highest BCUT2D eigenvalue weighted by Gasteiger charge is 2.32. The molecular formula is C24H20F2N4O3S. The highest BCUT2D eigenvalue weighted by Crippen LogP contribution is 2.36. The molecule has 0 saturated carbocycles. The summed E-state index contributed by atoms with van der Waals surface area (Å²) in [5.41, 5.74) is 2.49. The normalized spacial score (nSPS) is 15.0. The number of hydrogen-bond donors (Lipinski definition) is 2. The summed E-state index contributed by atoms with van der Waals surface area (Å²) in [7, 11) is 1.50. The SMILES string of the molecule is COc1ccc([C@@H]2Nc3ccccc3C(=O)N2O)cc1CSc1nc(C(F)F)cc(C)c1C#N. The smallest absolute Gasteiger partial charge is 0.281 e. The van der Waals surface area contributed by atoms with Crippen molar-refractivity contribution in [2.24, 2.45) is 0 Å². The van der Waals surface area contributed by atoms with Gasteiger partial charge < -0.3 is 10.1 Å². The molecule has 0 unspecified atom stereocenters. The number of para-hydroxylation sites is 1. The first kappa shape index (κ1) is 23.5. The van der Waals surface area contributed by atoms with Gasteiger partial charge in [0.2, 0.25) is 0 Å². The van der Waals surface area contributed by atoms with E-state index in [1.807, 2.05) is 6.07 Å². The van der Waals surface area contributed by atoms with Gasteiger partial charge in [-0.3, -0.25) is 10.0 Å². The molecule has 10 heteroatoms. The van der Waals surface area contributed by atoms with Crippen LogP contribution in [0.15, 0.2) is 53.6 Å². The summed E-state index contributed by atoms with van der Waals surface area (Å²) in [6, 6.07) is 15.3. The monoisotopic (exact) mass is 482 g/mol. The van der Waals surface area contributed by atoms with Gasteiger partial charge in [0, 0.05) is 17.0 Å². The van der Waals surface area contributed by atoms with Crippen molar-refractivity contribution in [2.75, 3.05) is 12.4 Å². The van der Waals surface area contributed by atoms with Crippen molar-refractivity contribution in [3.8, 4) is 11.8 Å². The van der Waals surface area contributed by atoms with Crippen LogP contribution in [-0.2, 0) is 5.75 Å². The first-order chi connectivity index (χ1) is 16.3. The lowest BCUT2D eigenvalue weighted by atomic mass is 10.0. The lowest BCUT2D eigenvalue weighted by molar-refractivity contribution is -0.0851. The number of pyridine rings is 1. The van der Waals surface area contributed by atoms with Crippen LogP contribution >= 0.6 is 11.8 Å². The number of rotatable bonds is 6. The number of benzene rings is 2. The van der Waals surface area contributed by atoms with Crippen LogP contribution in [0.4, 0.5) is 14.5 Å². The van der Waals surface area contributed by atoms with Gasteiger partial charge in [-0.05, 0) is 48.4 Å². The van der Waals surface area contributed by atoms with Gasteiger partial charge in [-0.2, -0.15) is 10.3 Å². The van der Waals surface area contributed by atoms with E-state index in [1.165, 1.54) is 13.2 Å². The fourth-order valence-corrected chi connectivity index (χ4v) is 4.76. The molecule has 2 N–H and O–H groups in total. The summed E-state index contributed by atoms with van der Waals surface area (Å²) in [5, 5.41) is 24.0. The molecule has 1 aromatic heterocycles. The number of ether oxygens (including phenoxy) is 1. The minimum atomic E-state index is -2.75. The number of fused-ring (bicyclic) bond motifs is 1. The summed E-state index contributed by atoms with van der Waals surface area (Å²) in [6.07, 6.45) is -3.59. The number of nitrogens with zero attached hydrogens (tertiary/aromatic N) is 3. The van der Waals surface area contributed by atoms with Crippen LogP contribution in [0.1, 0.15) is 50.9 Å². The van der Waals surface area contributed by atoms with Gasteiger partial charge in [0.1, 0.15) is 22.5 Å². The number of nitriles is 1. The average Bonchev–Trinajstić information content (AvgIpc) is 2.84. The van der Waals surface area contributed by atoms with Gasteiger partial charge in [0.25, 0.3) is 12.3 Å². The van der Waals surface area contributed by atoms with E-state index in [9.17, 15) is 24.0 Å². The molecule has 2 aromatic carbocycles. The summed E-state index contributed by atoms with van der Waals surface area (Å²) < 4.78 is 31.9. The Kier molecular flexibility index (Phi) is 6.68. The van der Waals surface area contributed by atoms with Crippen molar-refractivity contribution in [3.05, 3.63) is 82.0 Å². The lowest BCUT2D eigenvalue weighted by Crippen LogP contribution is -2.40.